The van der Waals surface area contributed by atoms with Crippen LogP contribution in [-0.2, 0) is 10.0 Å². The molecule has 0 saturated carbocycles. The van der Waals surface area contributed by atoms with Gasteiger partial charge in [0.25, 0.3) is 5.95 Å². The van der Waals surface area contributed by atoms with Crippen molar-refractivity contribution in [1.82, 2.24) is 14.8 Å². The molecular formula is C19H18ClN5O3S. The van der Waals surface area contributed by atoms with Gasteiger partial charge in [0.05, 0.1) is 13.4 Å². The van der Waals surface area contributed by atoms with Crippen LogP contribution in [0.15, 0.2) is 54.6 Å². The Morgan fingerprint density at radius 3 is 2.59 bits per heavy atom. The first kappa shape index (κ1) is 19.3. The summed E-state index contributed by atoms with van der Waals surface area (Å²) in [5.41, 5.74) is 2.56. The standard InChI is InChI=1S/C19H18ClN5O3S/c1-28-17-6-4-3-5-14(17)16-11-15(12-7-9-13(20)10-8-12)21-19-22-18(23-25(16)19)24-29(2,26)27/h3-11,16H,1-2H3,(H2,21,22,23,24). The Bertz CT molecular complexity index is 1190. The molecule has 2 N–H and O–H groups in total. The normalized spacial score (nSPS) is 15.8. The van der Waals surface area contributed by atoms with Crippen molar-refractivity contribution >= 4 is 39.2 Å². The third-order valence-corrected chi connectivity index (χ3v) is 5.16. The van der Waals surface area contributed by atoms with Crippen molar-refractivity contribution in [3.05, 3.63) is 70.8 Å². The minimum atomic E-state index is -3.51. The molecular weight excluding hydrogens is 414 g/mol. The minimum absolute atomic E-state index is 0.0133. The summed E-state index contributed by atoms with van der Waals surface area (Å²) >= 11 is 6.01. The van der Waals surface area contributed by atoms with Crippen LogP contribution in [0, 0.1) is 0 Å². The Morgan fingerprint density at radius 2 is 1.90 bits per heavy atom. The molecule has 3 aromatic rings. The fourth-order valence-electron chi connectivity index (χ4n) is 3.13. The Kier molecular flexibility index (Phi) is 4.93. The SMILES string of the molecule is COc1ccccc1C1C=C(c2ccc(Cl)cc2)Nc2nc(NS(C)(=O)=O)nn21. The number of sulfonamides is 1. The lowest BCUT2D eigenvalue weighted by Gasteiger charge is -2.25. The van der Waals surface area contributed by atoms with Crippen LogP contribution in [0.5, 0.6) is 5.75 Å². The van der Waals surface area contributed by atoms with E-state index < -0.39 is 10.0 Å². The number of ether oxygens (including phenoxy) is 1. The van der Waals surface area contributed by atoms with Crippen molar-refractivity contribution in [2.75, 3.05) is 23.4 Å². The summed E-state index contributed by atoms with van der Waals surface area (Å²) in [5, 5.41) is 8.18. The zero-order valence-corrected chi connectivity index (χ0v) is 17.2. The summed E-state index contributed by atoms with van der Waals surface area (Å²) in [6.45, 7) is 0. The first-order chi connectivity index (χ1) is 13.8. The van der Waals surface area contributed by atoms with Crippen molar-refractivity contribution in [3.8, 4) is 5.75 Å². The fraction of sp³-hybridized carbons (Fsp3) is 0.158. The number of halogens is 1. The van der Waals surface area contributed by atoms with E-state index in [4.69, 9.17) is 16.3 Å². The van der Waals surface area contributed by atoms with Crippen LogP contribution >= 0.6 is 11.6 Å². The Balaban J connectivity index is 1.84. The first-order valence-electron chi connectivity index (χ1n) is 8.66. The van der Waals surface area contributed by atoms with Gasteiger partial charge in [0.1, 0.15) is 11.8 Å². The Labute approximate surface area is 173 Å². The van der Waals surface area contributed by atoms with Gasteiger partial charge in [-0.1, -0.05) is 41.9 Å². The molecule has 10 heteroatoms. The highest BCUT2D eigenvalue weighted by atomic mass is 35.5. The van der Waals surface area contributed by atoms with Gasteiger partial charge < -0.3 is 10.1 Å². The maximum atomic E-state index is 11.6. The molecule has 4 rings (SSSR count). The topological polar surface area (TPSA) is 98.1 Å². The van der Waals surface area contributed by atoms with Crippen molar-refractivity contribution in [3.63, 3.8) is 0 Å². The third kappa shape index (κ3) is 4.06. The number of methoxy groups -OCH3 is 1. The maximum Gasteiger partial charge on any atom is 0.257 e. The number of nitrogens with one attached hydrogen (secondary N) is 2. The Morgan fingerprint density at radius 1 is 1.17 bits per heavy atom. The van der Waals surface area contributed by atoms with Crippen molar-refractivity contribution in [2.24, 2.45) is 0 Å². The van der Waals surface area contributed by atoms with Crippen LogP contribution in [0.4, 0.5) is 11.9 Å². The van der Waals surface area contributed by atoms with E-state index in [1.54, 1.807) is 23.9 Å². The summed E-state index contributed by atoms with van der Waals surface area (Å²) in [6.07, 6.45) is 3.03. The molecule has 0 saturated heterocycles. The zero-order valence-electron chi connectivity index (χ0n) is 15.6. The van der Waals surface area contributed by atoms with Gasteiger partial charge in [-0.2, -0.15) is 4.98 Å². The molecule has 0 amide bonds. The number of allylic oxidation sites excluding steroid dienone is 1. The molecule has 8 nitrogen and oxygen atoms in total. The molecule has 1 unspecified atom stereocenters. The highest BCUT2D eigenvalue weighted by Gasteiger charge is 2.27. The molecule has 1 atom stereocenters. The number of para-hydroxylation sites is 1. The number of anilines is 2. The molecule has 2 heterocycles. The predicted molar refractivity (Wildman–Crippen MR) is 113 cm³/mol. The van der Waals surface area contributed by atoms with E-state index in [9.17, 15) is 8.42 Å². The van der Waals surface area contributed by atoms with E-state index in [0.717, 1.165) is 23.1 Å². The number of rotatable bonds is 5. The molecule has 1 aliphatic rings. The van der Waals surface area contributed by atoms with Gasteiger partial charge in [-0.3, -0.25) is 4.72 Å². The average molecular weight is 432 g/mol. The van der Waals surface area contributed by atoms with E-state index in [1.807, 2.05) is 42.5 Å². The first-order valence-corrected chi connectivity index (χ1v) is 10.9. The molecule has 1 aliphatic heterocycles. The number of benzene rings is 2. The van der Waals surface area contributed by atoms with Crippen LogP contribution in [-0.4, -0.2) is 36.5 Å². The van der Waals surface area contributed by atoms with Crippen LogP contribution in [0.3, 0.4) is 0 Å². The van der Waals surface area contributed by atoms with E-state index in [-0.39, 0.29) is 12.0 Å². The largest absolute Gasteiger partial charge is 0.496 e. The van der Waals surface area contributed by atoms with E-state index in [2.05, 4.69) is 20.1 Å². The minimum Gasteiger partial charge on any atom is -0.496 e. The number of hydrogen-bond acceptors (Lipinski definition) is 6. The smallest absolute Gasteiger partial charge is 0.257 e. The molecule has 29 heavy (non-hydrogen) atoms. The summed E-state index contributed by atoms with van der Waals surface area (Å²) in [4.78, 5) is 4.30. The molecule has 0 radical (unpaired) electrons. The second kappa shape index (κ2) is 7.41. The number of aromatic nitrogens is 3. The average Bonchev–Trinajstić information content (AvgIpc) is 3.08. The zero-order chi connectivity index (χ0) is 20.6. The number of fused-ring (bicyclic) bond motifs is 1. The van der Waals surface area contributed by atoms with Gasteiger partial charge in [-0.15, -0.1) is 5.10 Å². The molecule has 2 aromatic carbocycles. The highest BCUT2D eigenvalue weighted by molar-refractivity contribution is 7.91. The lowest BCUT2D eigenvalue weighted by atomic mass is 10.0. The maximum absolute atomic E-state index is 11.6. The monoisotopic (exact) mass is 431 g/mol. The molecule has 150 valence electrons. The van der Waals surface area contributed by atoms with E-state index >= 15 is 0 Å². The summed E-state index contributed by atoms with van der Waals surface area (Å²) in [5.74, 6) is 1.07. The van der Waals surface area contributed by atoms with Gasteiger partial charge in [0.2, 0.25) is 16.0 Å². The lowest BCUT2D eigenvalue weighted by Crippen LogP contribution is -2.20. The highest BCUT2D eigenvalue weighted by Crippen LogP contribution is 2.37. The molecule has 0 fully saturated rings. The number of hydrogen-bond donors (Lipinski definition) is 2. The third-order valence-electron chi connectivity index (χ3n) is 4.36. The lowest BCUT2D eigenvalue weighted by molar-refractivity contribution is 0.404. The van der Waals surface area contributed by atoms with Crippen molar-refractivity contribution in [2.45, 2.75) is 6.04 Å². The molecule has 0 aliphatic carbocycles. The summed E-state index contributed by atoms with van der Waals surface area (Å²) in [7, 11) is -1.91. The summed E-state index contributed by atoms with van der Waals surface area (Å²) < 4.78 is 32.7. The van der Waals surface area contributed by atoms with E-state index in [1.165, 1.54) is 0 Å². The fourth-order valence-corrected chi connectivity index (χ4v) is 3.68. The van der Waals surface area contributed by atoms with Gasteiger partial charge >= 0.3 is 0 Å². The van der Waals surface area contributed by atoms with Crippen LogP contribution in [0.25, 0.3) is 5.70 Å². The predicted octanol–water partition coefficient (Wildman–Crippen LogP) is 3.37. The molecule has 0 bridgehead atoms. The van der Waals surface area contributed by atoms with Crippen molar-refractivity contribution in [1.29, 1.82) is 0 Å². The quantitative estimate of drug-likeness (QED) is 0.642. The summed E-state index contributed by atoms with van der Waals surface area (Å²) in [6, 6.07) is 14.6. The molecule has 0 spiro atoms. The van der Waals surface area contributed by atoms with E-state index in [0.29, 0.717) is 16.7 Å². The van der Waals surface area contributed by atoms with Gasteiger partial charge in [-0.25, -0.2) is 13.1 Å². The Hall–Kier alpha value is -3.04. The van der Waals surface area contributed by atoms with Crippen LogP contribution in [0.2, 0.25) is 5.02 Å². The molecule has 1 aromatic heterocycles. The second-order valence-corrected chi connectivity index (χ2v) is 8.66. The van der Waals surface area contributed by atoms with Gasteiger partial charge in [-0.05, 0) is 29.8 Å². The van der Waals surface area contributed by atoms with Crippen molar-refractivity contribution < 1.29 is 13.2 Å². The van der Waals surface area contributed by atoms with Crippen LogP contribution in [0.1, 0.15) is 17.2 Å². The second-order valence-electron chi connectivity index (χ2n) is 6.48. The number of nitrogens with zero attached hydrogens (tertiary/aromatic N) is 3. The van der Waals surface area contributed by atoms with Gasteiger partial charge in [0, 0.05) is 16.3 Å². The van der Waals surface area contributed by atoms with Crippen LogP contribution < -0.4 is 14.8 Å². The van der Waals surface area contributed by atoms with Gasteiger partial charge in [0.15, 0.2) is 0 Å².